The predicted molar refractivity (Wildman–Crippen MR) is 107 cm³/mol. The standard InChI is InChI=1S/C23H26N2O3/c1-28-22-20-15-24-18(11-17(20)14-25-22)12-19(26)13-21(16-7-3-2-4-8-16)23(27)9-5-6-10-23/h2-4,7-8,11,15,21,27H,5-6,9-10,12-14H2,1H3/t21-/m0/s1. The molecule has 0 unspecified atom stereocenters. The molecule has 0 bridgehead atoms. The fourth-order valence-electron chi connectivity index (χ4n) is 4.52. The topological polar surface area (TPSA) is 71.8 Å². The third-order valence-corrected chi connectivity index (χ3v) is 5.99. The number of rotatable bonds is 6. The van der Waals surface area contributed by atoms with E-state index >= 15 is 0 Å². The molecule has 0 spiro atoms. The molecule has 2 aliphatic rings. The smallest absolute Gasteiger partial charge is 0.218 e. The molecule has 0 radical (unpaired) electrons. The SMILES string of the molecule is COC1=NCc2cc(CC(=O)C[C@@H](c3ccccc3)C3(O)CCCC3)ncc21. The first-order chi connectivity index (χ1) is 13.6. The minimum Gasteiger partial charge on any atom is -0.481 e. The Balaban J connectivity index is 1.50. The van der Waals surface area contributed by atoms with Gasteiger partial charge in [-0.1, -0.05) is 43.2 Å². The van der Waals surface area contributed by atoms with Crippen molar-refractivity contribution >= 4 is 11.7 Å². The van der Waals surface area contributed by atoms with Crippen LogP contribution in [-0.2, 0) is 22.5 Å². The highest BCUT2D eigenvalue weighted by molar-refractivity contribution is 5.97. The maximum Gasteiger partial charge on any atom is 0.218 e. The van der Waals surface area contributed by atoms with Crippen molar-refractivity contribution in [3.05, 3.63) is 65.0 Å². The van der Waals surface area contributed by atoms with Crippen molar-refractivity contribution in [2.45, 2.75) is 56.6 Å². The number of benzene rings is 1. The Kier molecular flexibility index (Phi) is 5.27. The average Bonchev–Trinajstić information content (AvgIpc) is 3.33. The number of pyridine rings is 1. The lowest BCUT2D eigenvalue weighted by Crippen LogP contribution is -2.34. The van der Waals surface area contributed by atoms with Crippen LogP contribution in [-0.4, -0.2) is 34.5 Å². The largest absolute Gasteiger partial charge is 0.481 e. The molecule has 1 aromatic heterocycles. The summed E-state index contributed by atoms with van der Waals surface area (Å²) in [7, 11) is 1.60. The first kappa shape index (κ1) is 18.8. The molecule has 2 heterocycles. The van der Waals surface area contributed by atoms with Gasteiger partial charge in [0.25, 0.3) is 0 Å². The monoisotopic (exact) mass is 378 g/mol. The molecule has 5 nitrogen and oxygen atoms in total. The molecule has 1 N–H and O–H groups in total. The Morgan fingerprint density at radius 2 is 2.00 bits per heavy atom. The number of methoxy groups -OCH3 is 1. The number of aromatic nitrogens is 1. The highest BCUT2D eigenvalue weighted by Gasteiger charge is 2.41. The summed E-state index contributed by atoms with van der Waals surface area (Å²) < 4.78 is 5.24. The van der Waals surface area contributed by atoms with E-state index < -0.39 is 5.60 Å². The number of ketones is 1. The zero-order valence-corrected chi connectivity index (χ0v) is 16.2. The van der Waals surface area contributed by atoms with Crippen molar-refractivity contribution in [2.24, 2.45) is 4.99 Å². The van der Waals surface area contributed by atoms with E-state index in [0.29, 0.717) is 18.9 Å². The predicted octanol–water partition coefficient (Wildman–Crippen LogP) is 3.58. The van der Waals surface area contributed by atoms with Gasteiger partial charge in [0, 0.05) is 30.7 Å². The zero-order chi connectivity index (χ0) is 19.6. The summed E-state index contributed by atoms with van der Waals surface area (Å²) in [6.45, 7) is 0.564. The Morgan fingerprint density at radius 1 is 1.25 bits per heavy atom. The molecule has 146 valence electrons. The highest BCUT2D eigenvalue weighted by Crippen LogP contribution is 2.43. The van der Waals surface area contributed by atoms with E-state index in [1.165, 1.54) is 0 Å². The summed E-state index contributed by atoms with van der Waals surface area (Å²) in [5, 5.41) is 11.2. The molecule has 2 aromatic rings. The van der Waals surface area contributed by atoms with Crippen LogP contribution in [0.15, 0.2) is 47.6 Å². The number of hydrogen-bond donors (Lipinski definition) is 1. The van der Waals surface area contributed by atoms with Crippen molar-refractivity contribution in [2.75, 3.05) is 7.11 Å². The Bertz CT molecular complexity index is 886. The minimum atomic E-state index is -0.788. The van der Waals surface area contributed by atoms with Gasteiger partial charge < -0.3 is 9.84 Å². The molecule has 1 aliphatic heterocycles. The van der Waals surface area contributed by atoms with Gasteiger partial charge in [0.15, 0.2) is 0 Å². The van der Waals surface area contributed by atoms with Crippen LogP contribution in [0.2, 0.25) is 0 Å². The average molecular weight is 378 g/mol. The molecule has 4 rings (SSSR count). The molecular weight excluding hydrogens is 352 g/mol. The van der Waals surface area contributed by atoms with Gasteiger partial charge >= 0.3 is 0 Å². The second-order valence-electron chi connectivity index (χ2n) is 7.85. The van der Waals surface area contributed by atoms with Crippen LogP contribution < -0.4 is 0 Å². The van der Waals surface area contributed by atoms with Crippen LogP contribution in [0.4, 0.5) is 0 Å². The number of nitrogens with zero attached hydrogens (tertiary/aromatic N) is 2. The zero-order valence-electron chi connectivity index (χ0n) is 16.2. The number of carbonyl (C=O) groups excluding carboxylic acids is 1. The maximum atomic E-state index is 12.9. The minimum absolute atomic E-state index is 0.104. The van der Waals surface area contributed by atoms with Crippen LogP contribution in [0.1, 0.15) is 60.4 Å². The van der Waals surface area contributed by atoms with E-state index in [1.807, 2.05) is 36.4 Å². The van der Waals surface area contributed by atoms with Crippen molar-refractivity contribution in [1.29, 1.82) is 0 Å². The Hall–Kier alpha value is -2.53. The molecule has 1 aliphatic carbocycles. The number of hydrogen-bond acceptors (Lipinski definition) is 5. The van der Waals surface area contributed by atoms with E-state index in [9.17, 15) is 9.90 Å². The van der Waals surface area contributed by atoms with E-state index in [2.05, 4.69) is 9.98 Å². The second-order valence-corrected chi connectivity index (χ2v) is 7.85. The second kappa shape index (κ2) is 7.84. The van der Waals surface area contributed by atoms with Crippen molar-refractivity contribution in [3.63, 3.8) is 0 Å². The third-order valence-electron chi connectivity index (χ3n) is 5.99. The molecular formula is C23H26N2O3. The molecule has 5 heteroatoms. The number of Topliss-reactive ketones (excluding diaryl/α,β-unsaturated/α-hetero) is 1. The van der Waals surface area contributed by atoms with E-state index in [-0.39, 0.29) is 18.1 Å². The molecule has 1 aromatic carbocycles. The number of aliphatic hydroxyl groups is 1. The fraction of sp³-hybridized carbons (Fsp3) is 0.435. The lowest BCUT2D eigenvalue weighted by Gasteiger charge is -2.33. The van der Waals surface area contributed by atoms with E-state index in [1.54, 1.807) is 13.3 Å². The lowest BCUT2D eigenvalue weighted by atomic mass is 9.77. The summed E-state index contributed by atoms with van der Waals surface area (Å²) in [5.41, 5.74) is 2.95. The summed E-state index contributed by atoms with van der Waals surface area (Å²) in [6, 6.07) is 11.9. The quantitative estimate of drug-likeness (QED) is 0.834. The van der Waals surface area contributed by atoms with Crippen LogP contribution in [0.25, 0.3) is 0 Å². The Labute approximate surface area is 165 Å². The first-order valence-electron chi connectivity index (χ1n) is 9.95. The molecule has 1 saturated carbocycles. The van der Waals surface area contributed by atoms with Crippen molar-refractivity contribution < 1.29 is 14.6 Å². The van der Waals surface area contributed by atoms with Gasteiger partial charge in [-0.2, -0.15) is 0 Å². The third kappa shape index (κ3) is 3.72. The summed E-state index contributed by atoms with van der Waals surface area (Å²) in [6.07, 6.45) is 5.90. The van der Waals surface area contributed by atoms with Gasteiger partial charge in [0.2, 0.25) is 5.90 Å². The van der Waals surface area contributed by atoms with Crippen LogP contribution >= 0.6 is 0 Å². The van der Waals surface area contributed by atoms with Gasteiger partial charge in [-0.25, -0.2) is 4.99 Å². The summed E-state index contributed by atoms with van der Waals surface area (Å²) in [5.74, 6) is 0.544. The van der Waals surface area contributed by atoms with Gasteiger partial charge in [-0.05, 0) is 30.0 Å². The molecule has 1 atom stereocenters. The van der Waals surface area contributed by atoms with E-state index in [0.717, 1.165) is 48.1 Å². The summed E-state index contributed by atoms with van der Waals surface area (Å²) >= 11 is 0. The molecule has 28 heavy (non-hydrogen) atoms. The van der Waals surface area contributed by atoms with Gasteiger partial charge in [0.1, 0.15) is 5.78 Å². The molecule has 0 saturated heterocycles. The lowest BCUT2D eigenvalue weighted by molar-refractivity contribution is -0.120. The maximum absolute atomic E-state index is 12.9. The normalized spacial score (nSPS) is 18.4. The van der Waals surface area contributed by atoms with Crippen molar-refractivity contribution in [3.8, 4) is 0 Å². The van der Waals surface area contributed by atoms with Gasteiger partial charge in [0.05, 0.1) is 24.8 Å². The van der Waals surface area contributed by atoms with Gasteiger partial charge in [-0.15, -0.1) is 0 Å². The number of aliphatic imine (C=N–C) groups is 1. The van der Waals surface area contributed by atoms with Crippen LogP contribution in [0, 0.1) is 0 Å². The molecule has 0 amide bonds. The fourth-order valence-corrected chi connectivity index (χ4v) is 4.52. The summed E-state index contributed by atoms with van der Waals surface area (Å²) in [4.78, 5) is 21.7. The molecule has 1 fully saturated rings. The number of ether oxygens (including phenoxy) is 1. The van der Waals surface area contributed by atoms with Crippen molar-refractivity contribution in [1.82, 2.24) is 4.98 Å². The van der Waals surface area contributed by atoms with Crippen LogP contribution in [0.5, 0.6) is 0 Å². The number of carbonyl (C=O) groups is 1. The van der Waals surface area contributed by atoms with Gasteiger partial charge in [-0.3, -0.25) is 9.78 Å². The highest BCUT2D eigenvalue weighted by atomic mass is 16.5. The first-order valence-corrected chi connectivity index (χ1v) is 9.95. The van der Waals surface area contributed by atoms with Crippen LogP contribution in [0.3, 0.4) is 0 Å². The number of fused-ring (bicyclic) bond motifs is 1. The Morgan fingerprint density at radius 3 is 2.71 bits per heavy atom. The van der Waals surface area contributed by atoms with E-state index in [4.69, 9.17) is 4.74 Å².